The second kappa shape index (κ2) is 5.56. The molecule has 0 saturated carbocycles. The molecular weight excluding hydrogens is 364 g/mol. The molecule has 0 saturated heterocycles. The van der Waals surface area contributed by atoms with Crippen molar-refractivity contribution in [3.05, 3.63) is 43.5 Å². The first-order valence-electron chi connectivity index (χ1n) is 6.06. The van der Waals surface area contributed by atoms with E-state index in [1.54, 1.807) is 7.11 Å². The van der Waals surface area contributed by atoms with E-state index in [2.05, 4.69) is 15.9 Å². The number of hydrogen-bond acceptors (Lipinski definition) is 4. The van der Waals surface area contributed by atoms with Crippen molar-refractivity contribution in [1.29, 1.82) is 0 Å². The van der Waals surface area contributed by atoms with Gasteiger partial charge in [0.1, 0.15) is 21.9 Å². The molecule has 1 aromatic carbocycles. The van der Waals surface area contributed by atoms with Gasteiger partial charge in [-0.25, -0.2) is 0 Å². The molecule has 1 aromatic heterocycles. The molecule has 3 nitrogen and oxygen atoms in total. The summed E-state index contributed by atoms with van der Waals surface area (Å²) in [6.45, 7) is 0. The minimum absolute atomic E-state index is 0.181. The summed E-state index contributed by atoms with van der Waals surface area (Å²) in [5.74, 6) is 1.40. The Morgan fingerprint density at radius 1 is 1.45 bits per heavy atom. The molecule has 2 atom stereocenters. The highest BCUT2D eigenvalue weighted by Crippen LogP contribution is 2.45. The van der Waals surface area contributed by atoms with E-state index in [-0.39, 0.29) is 6.10 Å². The zero-order chi connectivity index (χ0) is 14.3. The second-order valence-corrected chi connectivity index (χ2v) is 7.07. The normalized spacial score (nSPS) is 21.2. The largest absolute Gasteiger partial charge is 0.497 e. The van der Waals surface area contributed by atoms with Crippen LogP contribution >= 0.6 is 38.9 Å². The summed E-state index contributed by atoms with van der Waals surface area (Å²) >= 11 is 10.9. The maximum absolute atomic E-state index is 10.3. The van der Waals surface area contributed by atoms with Crippen molar-refractivity contribution < 1.29 is 14.6 Å². The van der Waals surface area contributed by atoms with Crippen molar-refractivity contribution >= 4 is 38.9 Å². The quantitative estimate of drug-likeness (QED) is 0.824. The number of benzene rings is 1. The Labute approximate surface area is 134 Å². The lowest BCUT2D eigenvalue weighted by molar-refractivity contribution is 0.0671. The van der Waals surface area contributed by atoms with Crippen LogP contribution in [0.4, 0.5) is 0 Å². The third-order valence-corrected chi connectivity index (χ3v) is 5.83. The van der Waals surface area contributed by atoms with Crippen LogP contribution in [0, 0.1) is 0 Å². The predicted octanol–water partition coefficient (Wildman–Crippen LogP) is 4.73. The molecule has 1 unspecified atom stereocenters. The van der Waals surface area contributed by atoms with Gasteiger partial charge in [-0.1, -0.05) is 11.6 Å². The number of rotatable bonds is 2. The number of ether oxygens (including phenoxy) is 2. The highest BCUT2D eigenvalue weighted by Gasteiger charge is 2.29. The van der Waals surface area contributed by atoms with Crippen LogP contribution in [0.1, 0.15) is 29.1 Å². The van der Waals surface area contributed by atoms with E-state index in [0.29, 0.717) is 22.3 Å². The minimum atomic E-state index is -0.571. The molecule has 1 N–H and O–H groups in total. The van der Waals surface area contributed by atoms with Gasteiger partial charge in [-0.2, -0.15) is 0 Å². The molecule has 1 aliphatic rings. The molecule has 0 fully saturated rings. The smallest absolute Gasteiger partial charge is 0.136 e. The summed E-state index contributed by atoms with van der Waals surface area (Å²) in [7, 11) is 1.60. The molecule has 0 aliphatic carbocycles. The summed E-state index contributed by atoms with van der Waals surface area (Å²) in [6, 6.07) is 7.41. The summed E-state index contributed by atoms with van der Waals surface area (Å²) in [6.07, 6.45) is -0.248. The number of aliphatic hydroxyl groups is 1. The third kappa shape index (κ3) is 2.55. The summed E-state index contributed by atoms with van der Waals surface area (Å²) in [5, 5.41) is 10.3. The number of halogens is 2. The standard InChI is InChI=1S/C14H12BrClO3S/c1-18-7-2-3-11-8(4-7)10(17)6-12(19-11)13-5-9(15)14(16)20-13/h2-5,10,12,17H,6H2,1H3/t10-,12?/m1/s1. The summed E-state index contributed by atoms with van der Waals surface area (Å²) < 4.78 is 12.7. The van der Waals surface area contributed by atoms with Gasteiger partial charge in [0.15, 0.2) is 0 Å². The molecule has 0 spiro atoms. The van der Waals surface area contributed by atoms with Crippen molar-refractivity contribution in [1.82, 2.24) is 0 Å². The fourth-order valence-corrected chi connectivity index (χ4v) is 4.03. The van der Waals surface area contributed by atoms with E-state index in [1.807, 2.05) is 24.3 Å². The van der Waals surface area contributed by atoms with Gasteiger partial charge in [0.25, 0.3) is 0 Å². The Morgan fingerprint density at radius 3 is 2.90 bits per heavy atom. The second-order valence-electron chi connectivity index (χ2n) is 4.53. The van der Waals surface area contributed by atoms with E-state index in [9.17, 15) is 5.11 Å². The monoisotopic (exact) mass is 374 g/mol. The molecule has 2 aromatic rings. The third-order valence-electron chi connectivity index (χ3n) is 3.26. The number of fused-ring (bicyclic) bond motifs is 1. The van der Waals surface area contributed by atoms with Crippen molar-refractivity contribution in [3.63, 3.8) is 0 Å². The molecule has 2 heterocycles. The minimum Gasteiger partial charge on any atom is -0.497 e. The first-order valence-corrected chi connectivity index (χ1v) is 8.04. The van der Waals surface area contributed by atoms with E-state index in [4.69, 9.17) is 21.1 Å². The first-order chi connectivity index (χ1) is 9.58. The molecule has 3 rings (SSSR count). The van der Waals surface area contributed by atoms with E-state index >= 15 is 0 Å². The van der Waals surface area contributed by atoms with Crippen LogP contribution in [0.15, 0.2) is 28.7 Å². The Morgan fingerprint density at radius 2 is 2.25 bits per heavy atom. The lowest BCUT2D eigenvalue weighted by Gasteiger charge is -2.29. The number of methoxy groups -OCH3 is 1. The number of thiophene rings is 1. The first kappa shape index (κ1) is 14.2. The van der Waals surface area contributed by atoms with Crippen molar-refractivity contribution in [2.24, 2.45) is 0 Å². The highest BCUT2D eigenvalue weighted by molar-refractivity contribution is 9.10. The van der Waals surface area contributed by atoms with Gasteiger partial charge in [-0.05, 0) is 40.2 Å². The molecular formula is C14H12BrClO3S. The number of aliphatic hydroxyl groups excluding tert-OH is 1. The van der Waals surface area contributed by atoms with Crippen LogP contribution in [0.25, 0.3) is 0 Å². The predicted molar refractivity (Wildman–Crippen MR) is 83.0 cm³/mol. The van der Waals surface area contributed by atoms with Crippen LogP contribution < -0.4 is 9.47 Å². The van der Waals surface area contributed by atoms with Gasteiger partial charge in [-0.3, -0.25) is 0 Å². The lowest BCUT2D eigenvalue weighted by atomic mass is 9.98. The molecule has 106 valence electrons. The van der Waals surface area contributed by atoms with Crippen LogP contribution in [0.3, 0.4) is 0 Å². The maximum atomic E-state index is 10.3. The Balaban J connectivity index is 1.92. The van der Waals surface area contributed by atoms with Crippen molar-refractivity contribution in [2.75, 3.05) is 7.11 Å². The van der Waals surface area contributed by atoms with E-state index < -0.39 is 6.10 Å². The highest BCUT2D eigenvalue weighted by atomic mass is 79.9. The van der Waals surface area contributed by atoms with Crippen LogP contribution in [-0.2, 0) is 0 Å². The zero-order valence-corrected chi connectivity index (χ0v) is 13.8. The van der Waals surface area contributed by atoms with Gasteiger partial charge in [-0.15, -0.1) is 11.3 Å². The molecule has 20 heavy (non-hydrogen) atoms. The van der Waals surface area contributed by atoms with Gasteiger partial charge in [0.05, 0.1) is 13.2 Å². The zero-order valence-electron chi connectivity index (χ0n) is 10.6. The molecule has 0 bridgehead atoms. The Bertz CT molecular complexity index is 624. The Hall–Kier alpha value is -0.750. The van der Waals surface area contributed by atoms with Crippen LogP contribution in [0.5, 0.6) is 11.5 Å². The van der Waals surface area contributed by atoms with Gasteiger partial charge < -0.3 is 14.6 Å². The molecule has 6 heteroatoms. The summed E-state index contributed by atoms with van der Waals surface area (Å²) in [4.78, 5) is 1.00. The van der Waals surface area contributed by atoms with Crippen LogP contribution in [-0.4, -0.2) is 12.2 Å². The van der Waals surface area contributed by atoms with Crippen LogP contribution in [0.2, 0.25) is 4.34 Å². The lowest BCUT2D eigenvalue weighted by Crippen LogP contribution is -2.18. The average Bonchev–Trinajstić information content (AvgIpc) is 2.78. The molecule has 0 amide bonds. The van der Waals surface area contributed by atoms with Gasteiger partial charge >= 0.3 is 0 Å². The van der Waals surface area contributed by atoms with Gasteiger partial charge in [0, 0.05) is 21.3 Å². The Kier molecular flexibility index (Phi) is 3.95. The van der Waals surface area contributed by atoms with Gasteiger partial charge in [0.2, 0.25) is 0 Å². The molecule has 0 radical (unpaired) electrons. The molecule has 1 aliphatic heterocycles. The van der Waals surface area contributed by atoms with E-state index in [1.165, 1.54) is 11.3 Å². The summed E-state index contributed by atoms with van der Waals surface area (Å²) in [5.41, 5.74) is 0.766. The average molecular weight is 376 g/mol. The number of hydrogen-bond donors (Lipinski definition) is 1. The topological polar surface area (TPSA) is 38.7 Å². The van der Waals surface area contributed by atoms with Crippen molar-refractivity contribution in [3.8, 4) is 11.5 Å². The van der Waals surface area contributed by atoms with Crippen molar-refractivity contribution in [2.45, 2.75) is 18.6 Å². The fraction of sp³-hybridized carbons (Fsp3) is 0.286. The SMILES string of the molecule is COc1ccc2c(c1)[C@H](O)CC(c1cc(Br)c(Cl)s1)O2. The fourth-order valence-electron chi connectivity index (χ4n) is 2.25. The van der Waals surface area contributed by atoms with E-state index in [0.717, 1.165) is 14.9 Å². The maximum Gasteiger partial charge on any atom is 0.136 e.